The Hall–Kier alpha value is -2.86. The predicted octanol–water partition coefficient (Wildman–Crippen LogP) is 2.79. The summed E-state index contributed by atoms with van der Waals surface area (Å²) in [5, 5.41) is 5.70. The summed E-state index contributed by atoms with van der Waals surface area (Å²) in [4.78, 5) is 24.1. The molecule has 26 heavy (non-hydrogen) atoms. The molecule has 0 spiro atoms. The molecule has 0 heterocycles. The molecule has 6 heteroatoms. The Balaban J connectivity index is 1.38. The number of carbonyl (C=O) groups excluding carboxylic acids is 2. The molecule has 1 saturated carbocycles. The molecule has 2 amide bonds. The number of hydrogen-bond donors (Lipinski definition) is 3. The van der Waals surface area contributed by atoms with Gasteiger partial charge in [-0.2, -0.15) is 0 Å². The van der Waals surface area contributed by atoms with Gasteiger partial charge in [0.25, 0.3) is 0 Å². The van der Waals surface area contributed by atoms with Gasteiger partial charge in [0, 0.05) is 24.2 Å². The molecule has 0 aliphatic heterocycles. The molecule has 0 radical (unpaired) electrons. The van der Waals surface area contributed by atoms with Crippen molar-refractivity contribution in [3.8, 4) is 0 Å². The third-order valence-electron chi connectivity index (χ3n) is 4.47. The topological polar surface area (TPSA) is 93.5 Å². The van der Waals surface area contributed by atoms with E-state index in [2.05, 4.69) is 10.6 Å². The van der Waals surface area contributed by atoms with E-state index in [9.17, 15) is 9.59 Å². The van der Waals surface area contributed by atoms with E-state index in [4.69, 9.17) is 10.5 Å². The van der Waals surface area contributed by atoms with Gasteiger partial charge in [0.2, 0.25) is 5.91 Å². The minimum Gasteiger partial charge on any atom is -0.445 e. The van der Waals surface area contributed by atoms with E-state index in [1.165, 1.54) is 0 Å². The van der Waals surface area contributed by atoms with Crippen LogP contribution in [0.3, 0.4) is 0 Å². The van der Waals surface area contributed by atoms with Crippen molar-refractivity contribution in [1.29, 1.82) is 0 Å². The van der Waals surface area contributed by atoms with E-state index >= 15 is 0 Å². The second kappa shape index (κ2) is 8.49. The smallest absolute Gasteiger partial charge is 0.407 e. The number of amides is 2. The first-order valence-corrected chi connectivity index (χ1v) is 8.71. The van der Waals surface area contributed by atoms with Crippen molar-refractivity contribution in [3.05, 3.63) is 65.7 Å². The van der Waals surface area contributed by atoms with Crippen molar-refractivity contribution >= 4 is 17.7 Å². The molecule has 6 nitrogen and oxygen atoms in total. The molecule has 1 aliphatic carbocycles. The van der Waals surface area contributed by atoms with Gasteiger partial charge < -0.3 is 21.1 Å². The number of nitrogens with two attached hydrogens (primary N) is 1. The van der Waals surface area contributed by atoms with Gasteiger partial charge >= 0.3 is 6.09 Å². The van der Waals surface area contributed by atoms with Gasteiger partial charge in [-0.05, 0) is 36.1 Å². The Kier molecular flexibility index (Phi) is 5.86. The van der Waals surface area contributed by atoms with E-state index in [0.29, 0.717) is 19.4 Å². The highest BCUT2D eigenvalue weighted by Gasteiger charge is 2.35. The first-order valence-electron chi connectivity index (χ1n) is 8.71. The van der Waals surface area contributed by atoms with Crippen LogP contribution in [0.2, 0.25) is 0 Å². The summed E-state index contributed by atoms with van der Waals surface area (Å²) >= 11 is 0. The maximum absolute atomic E-state index is 12.3. The van der Waals surface area contributed by atoms with E-state index in [1.807, 2.05) is 54.6 Å². The zero-order chi connectivity index (χ0) is 18.4. The standard InChI is InChI=1S/C20H23N3O3/c21-12-15-7-4-8-17(9-15)22-19(24)16-10-18(11-16)23-20(25)26-13-14-5-2-1-3-6-14/h1-9,16,18H,10-13,21H2,(H,22,24)(H,23,25). The SMILES string of the molecule is NCc1cccc(NC(=O)C2CC(NC(=O)OCc3ccccc3)C2)c1. The maximum atomic E-state index is 12.3. The molecule has 0 aromatic heterocycles. The summed E-state index contributed by atoms with van der Waals surface area (Å²) in [5.41, 5.74) is 8.26. The van der Waals surface area contributed by atoms with Crippen LogP contribution in [0.5, 0.6) is 0 Å². The van der Waals surface area contributed by atoms with Crippen molar-refractivity contribution in [1.82, 2.24) is 5.32 Å². The average Bonchev–Trinajstić information content (AvgIpc) is 2.63. The van der Waals surface area contributed by atoms with Gasteiger partial charge in [-0.15, -0.1) is 0 Å². The van der Waals surface area contributed by atoms with Crippen molar-refractivity contribution < 1.29 is 14.3 Å². The maximum Gasteiger partial charge on any atom is 0.407 e. The second-order valence-electron chi connectivity index (χ2n) is 6.47. The molecule has 1 aliphatic rings. The van der Waals surface area contributed by atoms with E-state index in [-0.39, 0.29) is 24.5 Å². The van der Waals surface area contributed by atoms with Gasteiger partial charge in [-0.25, -0.2) is 4.79 Å². The summed E-state index contributed by atoms with van der Waals surface area (Å²) in [6.07, 6.45) is 0.777. The van der Waals surface area contributed by atoms with Gasteiger partial charge in [-0.3, -0.25) is 4.79 Å². The quantitative estimate of drug-likeness (QED) is 0.744. The normalized spacial score (nSPS) is 18.5. The van der Waals surface area contributed by atoms with Crippen LogP contribution in [-0.4, -0.2) is 18.0 Å². The van der Waals surface area contributed by atoms with Crippen LogP contribution in [0.1, 0.15) is 24.0 Å². The van der Waals surface area contributed by atoms with Crippen LogP contribution in [0, 0.1) is 5.92 Å². The van der Waals surface area contributed by atoms with Crippen LogP contribution in [-0.2, 0) is 22.7 Å². The fourth-order valence-electron chi connectivity index (χ4n) is 2.90. The van der Waals surface area contributed by atoms with Crippen molar-refractivity contribution in [2.24, 2.45) is 11.7 Å². The predicted molar refractivity (Wildman–Crippen MR) is 99.2 cm³/mol. The molecular formula is C20H23N3O3. The molecule has 0 saturated heterocycles. The molecule has 2 aromatic carbocycles. The number of alkyl carbamates (subject to hydrolysis) is 1. The van der Waals surface area contributed by atoms with Crippen molar-refractivity contribution in [3.63, 3.8) is 0 Å². The van der Waals surface area contributed by atoms with Crippen LogP contribution in [0.25, 0.3) is 0 Å². The summed E-state index contributed by atoms with van der Waals surface area (Å²) in [6, 6.07) is 17.0. The largest absolute Gasteiger partial charge is 0.445 e. The second-order valence-corrected chi connectivity index (χ2v) is 6.47. The first-order chi connectivity index (χ1) is 12.6. The highest BCUT2D eigenvalue weighted by Crippen LogP contribution is 2.29. The highest BCUT2D eigenvalue weighted by atomic mass is 16.5. The van der Waals surface area contributed by atoms with E-state index < -0.39 is 6.09 Å². The molecule has 136 valence electrons. The van der Waals surface area contributed by atoms with Crippen LogP contribution in [0.15, 0.2) is 54.6 Å². The molecule has 2 aromatic rings. The highest BCUT2D eigenvalue weighted by molar-refractivity contribution is 5.93. The Labute approximate surface area is 152 Å². The number of carbonyl (C=O) groups is 2. The van der Waals surface area contributed by atoms with Gasteiger partial charge in [-0.1, -0.05) is 42.5 Å². The minimum absolute atomic E-state index is 0.0237. The fourth-order valence-corrected chi connectivity index (χ4v) is 2.90. The number of ether oxygens (including phenoxy) is 1. The molecular weight excluding hydrogens is 330 g/mol. The average molecular weight is 353 g/mol. The third kappa shape index (κ3) is 4.83. The lowest BCUT2D eigenvalue weighted by molar-refractivity contribution is -0.122. The Morgan fingerprint density at radius 1 is 1.04 bits per heavy atom. The molecule has 1 fully saturated rings. The summed E-state index contributed by atoms with van der Waals surface area (Å²) in [5.74, 6) is -0.133. The molecule has 0 unspecified atom stereocenters. The minimum atomic E-state index is -0.451. The molecule has 3 rings (SSSR count). The monoisotopic (exact) mass is 353 g/mol. The van der Waals surface area contributed by atoms with E-state index in [0.717, 1.165) is 16.8 Å². The Morgan fingerprint density at radius 3 is 2.50 bits per heavy atom. The van der Waals surface area contributed by atoms with Gasteiger partial charge in [0.05, 0.1) is 0 Å². The first kappa shape index (κ1) is 17.9. The number of rotatable bonds is 6. The van der Waals surface area contributed by atoms with Crippen molar-refractivity contribution in [2.45, 2.75) is 32.0 Å². The van der Waals surface area contributed by atoms with E-state index in [1.54, 1.807) is 0 Å². The lowest BCUT2D eigenvalue weighted by Crippen LogP contribution is -2.48. The fraction of sp³-hybridized carbons (Fsp3) is 0.300. The third-order valence-corrected chi connectivity index (χ3v) is 4.47. The Morgan fingerprint density at radius 2 is 1.77 bits per heavy atom. The van der Waals surface area contributed by atoms with Crippen molar-refractivity contribution in [2.75, 3.05) is 5.32 Å². The number of nitrogens with one attached hydrogen (secondary N) is 2. The summed E-state index contributed by atoms with van der Waals surface area (Å²) < 4.78 is 5.19. The molecule has 0 atom stereocenters. The van der Waals surface area contributed by atoms with Gasteiger partial charge in [0.1, 0.15) is 6.61 Å². The Bertz CT molecular complexity index is 758. The molecule has 0 bridgehead atoms. The lowest BCUT2D eigenvalue weighted by atomic mass is 9.79. The lowest BCUT2D eigenvalue weighted by Gasteiger charge is -2.34. The van der Waals surface area contributed by atoms with Crippen LogP contribution >= 0.6 is 0 Å². The number of benzene rings is 2. The zero-order valence-corrected chi connectivity index (χ0v) is 14.5. The van der Waals surface area contributed by atoms with Gasteiger partial charge in [0.15, 0.2) is 0 Å². The zero-order valence-electron chi connectivity index (χ0n) is 14.5. The van der Waals surface area contributed by atoms with Crippen LogP contribution < -0.4 is 16.4 Å². The summed E-state index contributed by atoms with van der Waals surface area (Å²) in [7, 11) is 0. The molecule has 4 N–H and O–H groups in total. The number of hydrogen-bond acceptors (Lipinski definition) is 4. The van der Waals surface area contributed by atoms with Crippen LogP contribution in [0.4, 0.5) is 10.5 Å². The summed E-state index contributed by atoms with van der Waals surface area (Å²) in [6.45, 7) is 0.672. The number of anilines is 1.